The summed E-state index contributed by atoms with van der Waals surface area (Å²) in [6.45, 7) is 0.345. The first-order chi connectivity index (χ1) is 11.3. The molecule has 0 aliphatic carbocycles. The van der Waals surface area contributed by atoms with Crippen molar-refractivity contribution in [2.75, 3.05) is 7.11 Å². The Balaban J connectivity index is 1.68. The van der Waals surface area contributed by atoms with Crippen LogP contribution in [0.4, 0.5) is 0 Å². The molecule has 0 saturated heterocycles. The third-order valence-corrected chi connectivity index (χ3v) is 3.32. The maximum Gasteiger partial charge on any atom is 0.273 e. The Labute approximate surface area is 133 Å². The molecule has 0 spiro atoms. The standard InChI is InChI=1S/C17H15N3O3/c1-22-15-7-3-2-5-13(15)11-19-17(21)14-9-16(23-20-14)12-6-4-8-18-10-12/h2-10H,11H2,1H3,(H,19,21). The molecule has 1 amide bonds. The van der Waals surface area contributed by atoms with Crippen LogP contribution in [0.5, 0.6) is 5.75 Å². The molecule has 0 atom stereocenters. The van der Waals surface area contributed by atoms with Crippen molar-refractivity contribution in [3.8, 4) is 17.1 Å². The van der Waals surface area contributed by atoms with E-state index in [4.69, 9.17) is 9.26 Å². The molecule has 2 heterocycles. The van der Waals surface area contributed by atoms with E-state index in [1.807, 2.05) is 30.3 Å². The summed E-state index contributed by atoms with van der Waals surface area (Å²) in [5.74, 6) is 0.916. The van der Waals surface area contributed by atoms with Crippen LogP contribution in [0.15, 0.2) is 59.4 Å². The Morgan fingerprint density at radius 1 is 1.26 bits per heavy atom. The van der Waals surface area contributed by atoms with Gasteiger partial charge in [0.05, 0.1) is 7.11 Å². The first kappa shape index (κ1) is 14.8. The fourth-order valence-electron chi connectivity index (χ4n) is 2.14. The van der Waals surface area contributed by atoms with Gasteiger partial charge in [-0.15, -0.1) is 0 Å². The minimum absolute atomic E-state index is 0.221. The summed E-state index contributed by atoms with van der Waals surface area (Å²) >= 11 is 0. The van der Waals surface area contributed by atoms with E-state index >= 15 is 0 Å². The lowest BCUT2D eigenvalue weighted by Crippen LogP contribution is -2.23. The number of aromatic nitrogens is 2. The first-order valence-corrected chi connectivity index (χ1v) is 7.05. The van der Waals surface area contributed by atoms with E-state index in [0.717, 1.165) is 16.9 Å². The minimum Gasteiger partial charge on any atom is -0.496 e. The van der Waals surface area contributed by atoms with Crippen molar-refractivity contribution >= 4 is 5.91 Å². The van der Waals surface area contributed by atoms with E-state index in [9.17, 15) is 4.79 Å². The lowest BCUT2D eigenvalue weighted by Gasteiger charge is -2.08. The monoisotopic (exact) mass is 309 g/mol. The number of hydrogen-bond acceptors (Lipinski definition) is 5. The molecule has 0 bridgehead atoms. The zero-order valence-electron chi connectivity index (χ0n) is 12.5. The van der Waals surface area contributed by atoms with Crippen LogP contribution in [0.1, 0.15) is 16.1 Å². The Bertz CT molecular complexity index is 800. The highest BCUT2D eigenvalue weighted by molar-refractivity contribution is 5.93. The summed E-state index contributed by atoms with van der Waals surface area (Å²) in [5.41, 5.74) is 1.88. The fraction of sp³-hybridized carbons (Fsp3) is 0.118. The van der Waals surface area contributed by atoms with Gasteiger partial charge in [-0.2, -0.15) is 0 Å². The van der Waals surface area contributed by atoms with E-state index < -0.39 is 0 Å². The summed E-state index contributed by atoms with van der Waals surface area (Å²) in [6, 6.07) is 12.7. The van der Waals surface area contributed by atoms with Gasteiger partial charge in [-0.3, -0.25) is 9.78 Å². The van der Waals surface area contributed by atoms with Crippen molar-refractivity contribution in [1.82, 2.24) is 15.5 Å². The molecule has 23 heavy (non-hydrogen) atoms. The van der Waals surface area contributed by atoms with Gasteiger partial charge >= 0.3 is 0 Å². The number of carbonyl (C=O) groups excluding carboxylic acids is 1. The van der Waals surface area contributed by atoms with E-state index in [-0.39, 0.29) is 11.6 Å². The molecule has 3 aromatic rings. The molecule has 0 aliphatic heterocycles. The lowest BCUT2D eigenvalue weighted by molar-refractivity contribution is 0.0941. The van der Waals surface area contributed by atoms with Crippen LogP contribution in [-0.2, 0) is 6.54 Å². The second kappa shape index (κ2) is 6.74. The Morgan fingerprint density at radius 3 is 2.91 bits per heavy atom. The fourth-order valence-corrected chi connectivity index (χ4v) is 2.14. The third-order valence-electron chi connectivity index (χ3n) is 3.32. The molecule has 1 aromatic carbocycles. The molecule has 0 aliphatic rings. The van der Waals surface area contributed by atoms with Crippen molar-refractivity contribution < 1.29 is 14.1 Å². The molecule has 0 unspecified atom stereocenters. The maximum absolute atomic E-state index is 12.2. The Kier molecular flexibility index (Phi) is 4.33. The molecule has 6 heteroatoms. The van der Waals surface area contributed by atoms with Crippen molar-refractivity contribution in [2.45, 2.75) is 6.54 Å². The van der Waals surface area contributed by atoms with Gasteiger partial charge in [0, 0.05) is 36.1 Å². The normalized spacial score (nSPS) is 10.3. The van der Waals surface area contributed by atoms with E-state index in [2.05, 4.69) is 15.5 Å². The molecule has 6 nitrogen and oxygen atoms in total. The van der Waals surface area contributed by atoms with Crippen molar-refractivity contribution in [1.29, 1.82) is 0 Å². The van der Waals surface area contributed by atoms with Crippen LogP contribution >= 0.6 is 0 Å². The van der Waals surface area contributed by atoms with Gasteiger partial charge in [0.25, 0.3) is 5.91 Å². The summed E-state index contributed by atoms with van der Waals surface area (Å²) in [6.07, 6.45) is 3.32. The highest BCUT2D eigenvalue weighted by Gasteiger charge is 2.14. The predicted octanol–water partition coefficient (Wildman–Crippen LogP) is 2.68. The van der Waals surface area contributed by atoms with Crippen molar-refractivity contribution in [3.63, 3.8) is 0 Å². The molecular formula is C17H15N3O3. The van der Waals surface area contributed by atoms with E-state index in [1.165, 1.54) is 0 Å². The number of benzene rings is 1. The zero-order valence-corrected chi connectivity index (χ0v) is 12.5. The number of amides is 1. The maximum atomic E-state index is 12.2. The number of methoxy groups -OCH3 is 1. The molecule has 116 valence electrons. The molecule has 0 fully saturated rings. The highest BCUT2D eigenvalue weighted by atomic mass is 16.5. The average Bonchev–Trinajstić information content (AvgIpc) is 3.11. The molecule has 0 saturated carbocycles. The molecule has 1 N–H and O–H groups in total. The summed E-state index contributed by atoms with van der Waals surface area (Å²) in [5, 5.41) is 6.60. The first-order valence-electron chi connectivity index (χ1n) is 7.05. The minimum atomic E-state index is -0.310. The topological polar surface area (TPSA) is 77.2 Å². The van der Waals surface area contributed by atoms with Gasteiger partial charge in [0.1, 0.15) is 5.75 Å². The summed E-state index contributed by atoms with van der Waals surface area (Å²) < 4.78 is 10.4. The number of ether oxygens (including phenoxy) is 1. The molecule has 2 aromatic heterocycles. The molecule has 0 radical (unpaired) electrons. The van der Waals surface area contributed by atoms with Gasteiger partial charge < -0.3 is 14.6 Å². The Hall–Kier alpha value is -3.15. The van der Waals surface area contributed by atoms with Gasteiger partial charge in [-0.25, -0.2) is 0 Å². The second-order valence-corrected chi connectivity index (χ2v) is 4.81. The quantitative estimate of drug-likeness (QED) is 0.784. The van der Waals surface area contributed by atoms with Crippen LogP contribution in [0.2, 0.25) is 0 Å². The summed E-state index contributed by atoms with van der Waals surface area (Å²) in [4.78, 5) is 16.2. The van der Waals surface area contributed by atoms with Gasteiger partial charge in [0.15, 0.2) is 11.5 Å². The van der Waals surface area contributed by atoms with Crippen LogP contribution in [0, 0.1) is 0 Å². The Morgan fingerprint density at radius 2 is 2.13 bits per heavy atom. The predicted molar refractivity (Wildman–Crippen MR) is 83.9 cm³/mol. The van der Waals surface area contributed by atoms with E-state index in [1.54, 1.807) is 31.6 Å². The number of hydrogen-bond donors (Lipinski definition) is 1. The van der Waals surface area contributed by atoms with Crippen LogP contribution in [-0.4, -0.2) is 23.2 Å². The molecular weight excluding hydrogens is 294 g/mol. The average molecular weight is 309 g/mol. The SMILES string of the molecule is COc1ccccc1CNC(=O)c1cc(-c2cccnc2)on1. The van der Waals surface area contributed by atoms with Crippen molar-refractivity contribution in [2.24, 2.45) is 0 Å². The largest absolute Gasteiger partial charge is 0.496 e. The lowest BCUT2D eigenvalue weighted by atomic mass is 10.2. The highest BCUT2D eigenvalue weighted by Crippen LogP contribution is 2.19. The number of nitrogens with one attached hydrogen (secondary N) is 1. The van der Waals surface area contributed by atoms with Gasteiger partial charge in [-0.05, 0) is 18.2 Å². The number of para-hydroxylation sites is 1. The third kappa shape index (κ3) is 3.37. The molecule has 3 rings (SSSR count). The number of carbonyl (C=O) groups is 1. The van der Waals surface area contributed by atoms with Crippen LogP contribution < -0.4 is 10.1 Å². The summed E-state index contributed by atoms with van der Waals surface area (Å²) in [7, 11) is 1.60. The van der Waals surface area contributed by atoms with Crippen molar-refractivity contribution in [3.05, 3.63) is 66.1 Å². The number of pyridine rings is 1. The van der Waals surface area contributed by atoms with Gasteiger partial charge in [-0.1, -0.05) is 23.4 Å². The van der Waals surface area contributed by atoms with E-state index in [0.29, 0.717) is 12.3 Å². The number of rotatable bonds is 5. The van der Waals surface area contributed by atoms with Crippen LogP contribution in [0.25, 0.3) is 11.3 Å². The zero-order chi connectivity index (χ0) is 16.1. The van der Waals surface area contributed by atoms with Gasteiger partial charge in [0.2, 0.25) is 0 Å². The number of nitrogens with zero attached hydrogens (tertiary/aromatic N) is 2. The second-order valence-electron chi connectivity index (χ2n) is 4.81. The van der Waals surface area contributed by atoms with Crippen LogP contribution in [0.3, 0.4) is 0 Å². The smallest absolute Gasteiger partial charge is 0.273 e.